The SMILES string of the molecule is C[C@@H](CO)Nc1nc(Nc2cccc(C#N)c2)cc(-c2cccc(OC(F)(F)F)c2)n1. The summed E-state index contributed by atoms with van der Waals surface area (Å²) < 4.78 is 41.7. The van der Waals surface area contributed by atoms with Crippen LogP contribution in [0.25, 0.3) is 11.3 Å². The van der Waals surface area contributed by atoms with E-state index >= 15 is 0 Å². The topological polar surface area (TPSA) is 103 Å². The quantitative estimate of drug-likeness (QED) is 0.510. The number of nitrogens with zero attached hydrogens (tertiary/aromatic N) is 3. The second-order valence-electron chi connectivity index (χ2n) is 6.58. The summed E-state index contributed by atoms with van der Waals surface area (Å²) >= 11 is 0. The van der Waals surface area contributed by atoms with E-state index in [0.29, 0.717) is 28.3 Å². The van der Waals surface area contributed by atoms with Crippen LogP contribution in [-0.4, -0.2) is 34.1 Å². The van der Waals surface area contributed by atoms with E-state index in [4.69, 9.17) is 5.26 Å². The molecular formula is C21H18F3N5O2. The van der Waals surface area contributed by atoms with Crippen molar-refractivity contribution < 1.29 is 23.0 Å². The van der Waals surface area contributed by atoms with Crippen molar-refractivity contribution in [2.45, 2.75) is 19.3 Å². The molecular weight excluding hydrogens is 411 g/mol. The van der Waals surface area contributed by atoms with Crippen LogP contribution < -0.4 is 15.4 Å². The lowest BCUT2D eigenvalue weighted by atomic mass is 10.1. The summed E-state index contributed by atoms with van der Waals surface area (Å²) in [5.74, 6) is 0.132. The Kier molecular flexibility index (Phi) is 6.57. The molecule has 0 fully saturated rings. The van der Waals surface area contributed by atoms with Gasteiger partial charge in [-0.2, -0.15) is 10.2 Å². The van der Waals surface area contributed by atoms with Gasteiger partial charge in [-0.05, 0) is 37.3 Å². The van der Waals surface area contributed by atoms with E-state index in [0.717, 1.165) is 0 Å². The first kappa shape index (κ1) is 21.9. The zero-order valence-corrected chi connectivity index (χ0v) is 16.3. The van der Waals surface area contributed by atoms with E-state index in [-0.39, 0.29) is 24.3 Å². The van der Waals surface area contributed by atoms with Gasteiger partial charge in [-0.25, -0.2) is 4.98 Å². The molecule has 3 aromatic rings. The van der Waals surface area contributed by atoms with Gasteiger partial charge in [0.05, 0.1) is 23.9 Å². The van der Waals surface area contributed by atoms with Crippen molar-refractivity contribution in [2.75, 3.05) is 17.2 Å². The fraction of sp³-hybridized carbons (Fsp3) is 0.190. The van der Waals surface area contributed by atoms with Gasteiger partial charge < -0.3 is 20.5 Å². The molecule has 0 unspecified atom stereocenters. The number of alkyl halides is 3. The molecule has 0 aliphatic heterocycles. The summed E-state index contributed by atoms with van der Waals surface area (Å²) in [5.41, 5.74) is 1.74. The van der Waals surface area contributed by atoms with E-state index in [9.17, 15) is 18.3 Å². The van der Waals surface area contributed by atoms with Crippen molar-refractivity contribution >= 4 is 17.5 Å². The number of nitriles is 1. The number of hydrogen-bond donors (Lipinski definition) is 3. The Bertz CT molecular complexity index is 1100. The molecule has 31 heavy (non-hydrogen) atoms. The van der Waals surface area contributed by atoms with Crippen LogP contribution in [0.15, 0.2) is 54.6 Å². The van der Waals surface area contributed by atoms with Gasteiger partial charge in [0, 0.05) is 23.4 Å². The van der Waals surface area contributed by atoms with Crippen molar-refractivity contribution in [2.24, 2.45) is 0 Å². The Labute approximate surface area is 176 Å². The predicted molar refractivity (Wildman–Crippen MR) is 109 cm³/mol. The van der Waals surface area contributed by atoms with Gasteiger partial charge in [-0.15, -0.1) is 13.2 Å². The number of halogens is 3. The summed E-state index contributed by atoms with van der Waals surface area (Å²) in [7, 11) is 0. The average molecular weight is 429 g/mol. The maximum absolute atomic E-state index is 12.6. The maximum atomic E-state index is 12.6. The molecule has 1 heterocycles. The predicted octanol–water partition coefficient (Wildman–Crippen LogP) is 4.45. The lowest BCUT2D eigenvalue weighted by molar-refractivity contribution is -0.274. The summed E-state index contributed by atoms with van der Waals surface area (Å²) in [6, 6.07) is 15.4. The second kappa shape index (κ2) is 9.32. The maximum Gasteiger partial charge on any atom is 0.573 e. The number of aliphatic hydroxyl groups is 1. The fourth-order valence-electron chi connectivity index (χ4n) is 2.66. The van der Waals surface area contributed by atoms with Crippen molar-refractivity contribution in [3.63, 3.8) is 0 Å². The first-order valence-corrected chi connectivity index (χ1v) is 9.15. The van der Waals surface area contributed by atoms with E-state index < -0.39 is 6.36 Å². The smallest absolute Gasteiger partial charge is 0.406 e. The molecule has 160 valence electrons. The minimum absolute atomic E-state index is 0.167. The molecule has 0 saturated carbocycles. The van der Waals surface area contributed by atoms with Crippen LogP contribution in [0.5, 0.6) is 5.75 Å². The molecule has 0 spiro atoms. The second-order valence-corrected chi connectivity index (χ2v) is 6.58. The Balaban J connectivity index is 1.99. The number of benzene rings is 2. The first-order chi connectivity index (χ1) is 14.8. The van der Waals surface area contributed by atoms with E-state index in [1.165, 1.54) is 18.2 Å². The minimum atomic E-state index is -4.81. The lowest BCUT2D eigenvalue weighted by Gasteiger charge is -2.15. The zero-order valence-electron chi connectivity index (χ0n) is 16.3. The molecule has 0 amide bonds. The van der Waals surface area contributed by atoms with Gasteiger partial charge in [0.2, 0.25) is 5.95 Å². The van der Waals surface area contributed by atoms with Crippen LogP contribution in [0.1, 0.15) is 12.5 Å². The van der Waals surface area contributed by atoms with Gasteiger partial charge in [-0.3, -0.25) is 0 Å². The summed E-state index contributed by atoms with van der Waals surface area (Å²) in [6.45, 7) is 1.55. The minimum Gasteiger partial charge on any atom is -0.406 e. The van der Waals surface area contributed by atoms with Crippen LogP contribution >= 0.6 is 0 Å². The Morgan fingerprint density at radius 3 is 2.61 bits per heavy atom. The van der Waals surface area contributed by atoms with Crippen molar-refractivity contribution in [1.29, 1.82) is 5.26 Å². The van der Waals surface area contributed by atoms with Gasteiger partial charge in [-0.1, -0.05) is 18.2 Å². The number of aliphatic hydroxyl groups excluding tert-OH is 1. The number of rotatable bonds is 7. The molecule has 0 radical (unpaired) electrons. The zero-order chi connectivity index (χ0) is 22.4. The number of nitrogens with one attached hydrogen (secondary N) is 2. The highest BCUT2D eigenvalue weighted by Crippen LogP contribution is 2.29. The summed E-state index contributed by atoms with van der Waals surface area (Å²) in [4.78, 5) is 8.68. The normalized spacial score (nSPS) is 12.0. The Hall–Kier alpha value is -3.84. The van der Waals surface area contributed by atoms with Crippen LogP contribution in [0.2, 0.25) is 0 Å². The Morgan fingerprint density at radius 1 is 1.13 bits per heavy atom. The van der Waals surface area contributed by atoms with Crippen LogP contribution in [0.4, 0.5) is 30.6 Å². The Morgan fingerprint density at radius 2 is 1.90 bits per heavy atom. The molecule has 0 aliphatic rings. The van der Waals surface area contributed by atoms with Gasteiger partial charge in [0.25, 0.3) is 0 Å². The number of ether oxygens (including phenoxy) is 1. The van der Waals surface area contributed by atoms with Crippen molar-refractivity contribution in [3.05, 3.63) is 60.2 Å². The number of hydrogen-bond acceptors (Lipinski definition) is 7. The highest BCUT2D eigenvalue weighted by Gasteiger charge is 2.31. The van der Waals surface area contributed by atoms with Crippen LogP contribution in [0, 0.1) is 11.3 Å². The van der Waals surface area contributed by atoms with Crippen LogP contribution in [-0.2, 0) is 0 Å². The van der Waals surface area contributed by atoms with E-state index in [1.54, 1.807) is 43.3 Å². The standard InChI is InChI=1S/C21H18F3N5O2/c1-13(12-30)26-20-28-18(15-5-3-7-17(9-15)31-21(22,23)24)10-19(29-20)27-16-6-2-4-14(8-16)11-25/h2-10,13,30H,12H2,1H3,(H2,26,27,28,29)/t13-/m0/s1. The highest BCUT2D eigenvalue weighted by atomic mass is 19.4. The van der Waals surface area contributed by atoms with Crippen molar-refractivity contribution in [1.82, 2.24) is 9.97 Å². The molecule has 0 bridgehead atoms. The van der Waals surface area contributed by atoms with E-state index in [1.807, 2.05) is 6.07 Å². The molecule has 10 heteroatoms. The van der Waals surface area contributed by atoms with Crippen molar-refractivity contribution in [3.8, 4) is 23.1 Å². The number of anilines is 3. The van der Waals surface area contributed by atoms with Gasteiger partial charge in [0.15, 0.2) is 0 Å². The fourth-order valence-corrected chi connectivity index (χ4v) is 2.66. The average Bonchev–Trinajstić information content (AvgIpc) is 2.72. The molecule has 0 aliphatic carbocycles. The molecule has 1 aromatic heterocycles. The molecule has 3 N–H and O–H groups in total. The monoisotopic (exact) mass is 429 g/mol. The third-order valence-corrected chi connectivity index (χ3v) is 4.00. The third kappa shape index (κ3) is 6.32. The molecule has 7 nitrogen and oxygen atoms in total. The van der Waals surface area contributed by atoms with Crippen LogP contribution in [0.3, 0.4) is 0 Å². The molecule has 2 aromatic carbocycles. The number of aromatic nitrogens is 2. The highest BCUT2D eigenvalue weighted by molar-refractivity contribution is 5.68. The molecule has 3 rings (SSSR count). The van der Waals surface area contributed by atoms with E-state index in [2.05, 4.69) is 25.3 Å². The molecule has 1 atom stereocenters. The summed E-state index contributed by atoms with van der Waals surface area (Å²) in [5, 5.41) is 24.4. The molecule has 0 saturated heterocycles. The first-order valence-electron chi connectivity index (χ1n) is 9.15. The third-order valence-electron chi connectivity index (χ3n) is 4.00. The van der Waals surface area contributed by atoms with Gasteiger partial charge >= 0.3 is 6.36 Å². The summed E-state index contributed by atoms with van der Waals surface area (Å²) in [6.07, 6.45) is -4.81. The largest absolute Gasteiger partial charge is 0.573 e. The lowest BCUT2D eigenvalue weighted by Crippen LogP contribution is -2.21. The van der Waals surface area contributed by atoms with Gasteiger partial charge in [0.1, 0.15) is 11.6 Å².